The van der Waals surface area contributed by atoms with Gasteiger partial charge in [-0.3, -0.25) is 0 Å². The molecule has 0 amide bonds. The maximum atomic E-state index is 4.52. The van der Waals surface area contributed by atoms with Crippen LogP contribution < -0.4 is 0 Å². The van der Waals surface area contributed by atoms with Crippen molar-refractivity contribution in [3.05, 3.63) is 47.4 Å². The van der Waals surface area contributed by atoms with E-state index in [0.29, 0.717) is 0 Å². The predicted molar refractivity (Wildman–Crippen MR) is 58.4 cm³/mol. The molecule has 0 atom stereocenters. The zero-order chi connectivity index (χ0) is 10.3. The minimum Gasteiger partial charge on any atom is -0.246 e. The maximum absolute atomic E-state index is 4.52. The average molecular weight is 284 g/mol. The van der Waals surface area contributed by atoms with Crippen LogP contribution in [0.3, 0.4) is 0 Å². The van der Waals surface area contributed by atoms with Gasteiger partial charge in [-0.25, -0.2) is 9.97 Å². The first kappa shape index (κ1) is 11.9. The molecule has 2 aromatic rings. The van der Waals surface area contributed by atoms with E-state index >= 15 is 0 Å². The van der Waals surface area contributed by atoms with Crippen LogP contribution >= 0.6 is 0 Å². The molecule has 1 aromatic heterocycles. The summed E-state index contributed by atoms with van der Waals surface area (Å²) in [5.41, 5.74) is 4.96. The van der Waals surface area contributed by atoms with Gasteiger partial charge in [0, 0.05) is 44.6 Å². The monoisotopic (exact) mass is 284 g/mol. The second-order valence-corrected chi connectivity index (χ2v) is 3.87. The summed E-state index contributed by atoms with van der Waals surface area (Å²) >= 11 is 0. The molecule has 2 nitrogen and oxygen atoms in total. The van der Waals surface area contributed by atoms with E-state index in [1.807, 2.05) is 25.3 Å². The molecule has 0 saturated heterocycles. The number of nitrogens with zero attached hydrogens (tertiary/aromatic N) is 2. The van der Waals surface area contributed by atoms with Crippen molar-refractivity contribution < 1.29 is 32.7 Å². The molecular formula is C13H11N2Y-. The van der Waals surface area contributed by atoms with E-state index in [0.717, 1.165) is 24.4 Å². The van der Waals surface area contributed by atoms with Crippen LogP contribution in [0.1, 0.15) is 17.0 Å². The zero-order valence-corrected chi connectivity index (χ0v) is 12.0. The molecule has 1 heterocycles. The molecule has 1 radical (unpaired) electrons. The Morgan fingerprint density at radius 2 is 2.06 bits per heavy atom. The van der Waals surface area contributed by atoms with E-state index in [1.165, 1.54) is 16.7 Å². The van der Waals surface area contributed by atoms with Gasteiger partial charge in [0.15, 0.2) is 0 Å². The van der Waals surface area contributed by atoms with Crippen molar-refractivity contribution in [2.45, 2.75) is 19.8 Å². The summed E-state index contributed by atoms with van der Waals surface area (Å²) in [6.07, 6.45) is 4.09. The van der Waals surface area contributed by atoms with E-state index < -0.39 is 0 Å². The molecule has 0 saturated carbocycles. The number of hydrogen-bond acceptors (Lipinski definition) is 2. The van der Waals surface area contributed by atoms with E-state index in [-0.39, 0.29) is 32.7 Å². The largest absolute Gasteiger partial charge is 0.246 e. The predicted octanol–water partition coefficient (Wildman–Crippen LogP) is 2.35. The topological polar surface area (TPSA) is 25.8 Å². The first-order valence-electron chi connectivity index (χ1n) is 5.16. The van der Waals surface area contributed by atoms with Crippen molar-refractivity contribution >= 4 is 0 Å². The smallest absolute Gasteiger partial charge is 0.124 e. The summed E-state index contributed by atoms with van der Waals surface area (Å²) in [7, 11) is 0. The number of benzene rings is 1. The second kappa shape index (κ2) is 4.72. The molecular weight excluding hydrogens is 273 g/mol. The van der Waals surface area contributed by atoms with Crippen LogP contribution in [0.15, 0.2) is 24.4 Å². The third-order valence-electron chi connectivity index (χ3n) is 2.86. The molecule has 0 bridgehead atoms. The van der Waals surface area contributed by atoms with Gasteiger partial charge in [0.05, 0.1) is 0 Å². The quantitative estimate of drug-likeness (QED) is 0.694. The fraction of sp³-hybridized carbons (Fsp3) is 0.231. The number of rotatable bonds is 0. The molecule has 0 fully saturated rings. The molecule has 1 aliphatic rings. The number of hydrogen-bond donors (Lipinski definition) is 0. The second-order valence-electron chi connectivity index (χ2n) is 3.87. The van der Waals surface area contributed by atoms with Gasteiger partial charge in [0.25, 0.3) is 0 Å². The zero-order valence-electron chi connectivity index (χ0n) is 9.20. The SMILES string of the molecule is Cc1ncc2c(n1)-c1c[c-]ccc1CC2.[Y]. The minimum atomic E-state index is 0. The molecule has 1 aromatic carbocycles. The summed E-state index contributed by atoms with van der Waals surface area (Å²) < 4.78 is 0. The summed E-state index contributed by atoms with van der Waals surface area (Å²) in [5, 5.41) is 0. The fourth-order valence-electron chi connectivity index (χ4n) is 2.08. The molecule has 0 unspecified atom stereocenters. The Bertz CT molecular complexity index is 523. The van der Waals surface area contributed by atoms with Crippen LogP contribution in [0.4, 0.5) is 0 Å². The van der Waals surface area contributed by atoms with Gasteiger partial charge in [-0.1, -0.05) is 0 Å². The van der Waals surface area contributed by atoms with E-state index in [4.69, 9.17) is 0 Å². The van der Waals surface area contributed by atoms with Gasteiger partial charge >= 0.3 is 0 Å². The fourth-order valence-corrected chi connectivity index (χ4v) is 2.08. The standard InChI is InChI=1S/C13H11N2.Y/c1-9-14-8-11-7-6-10-4-2-3-5-12(10)13(11)15-9;/h2,4-5,8H,6-7H2,1H3;/q-1;. The van der Waals surface area contributed by atoms with Gasteiger partial charge in [-0.15, -0.1) is 11.1 Å². The third-order valence-corrected chi connectivity index (χ3v) is 2.86. The van der Waals surface area contributed by atoms with E-state index in [1.54, 1.807) is 0 Å². The van der Waals surface area contributed by atoms with Crippen LogP contribution in [-0.2, 0) is 45.6 Å². The van der Waals surface area contributed by atoms with Gasteiger partial charge in [-0.2, -0.15) is 24.3 Å². The van der Waals surface area contributed by atoms with Crippen LogP contribution in [0.25, 0.3) is 11.3 Å². The summed E-state index contributed by atoms with van der Waals surface area (Å²) in [4.78, 5) is 8.77. The van der Waals surface area contributed by atoms with Gasteiger partial charge < -0.3 is 0 Å². The van der Waals surface area contributed by atoms with Crippen molar-refractivity contribution in [3.63, 3.8) is 0 Å². The van der Waals surface area contributed by atoms with Crippen LogP contribution in [0.5, 0.6) is 0 Å². The molecule has 0 spiro atoms. The average Bonchev–Trinajstić information content (AvgIpc) is 2.29. The van der Waals surface area contributed by atoms with E-state index in [9.17, 15) is 0 Å². The molecule has 3 rings (SSSR count). The molecule has 77 valence electrons. The third kappa shape index (κ3) is 1.96. The number of aromatic nitrogens is 2. The van der Waals surface area contributed by atoms with Gasteiger partial charge in [0.2, 0.25) is 0 Å². The van der Waals surface area contributed by atoms with Crippen molar-refractivity contribution in [2.24, 2.45) is 0 Å². The summed E-state index contributed by atoms with van der Waals surface area (Å²) in [6, 6.07) is 9.25. The Morgan fingerprint density at radius 1 is 1.25 bits per heavy atom. The maximum Gasteiger partial charge on any atom is 0.124 e. The number of fused-ring (bicyclic) bond motifs is 3. The molecule has 1 aliphatic carbocycles. The van der Waals surface area contributed by atoms with Crippen LogP contribution in [0, 0.1) is 13.0 Å². The molecule has 16 heavy (non-hydrogen) atoms. The van der Waals surface area contributed by atoms with Crippen LogP contribution in [-0.4, -0.2) is 9.97 Å². The Balaban J connectivity index is 0.000000963. The van der Waals surface area contributed by atoms with Gasteiger partial charge in [-0.05, 0) is 25.3 Å². The summed E-state index contributed by atoms with van der Waals surface area (Å²) in [5.74, 6) is 0.838. The van der Waals surface area contributed by atoms with Crippen LogP contribution in [0.2, 0.25) is 0 Å². The minimum absolute atomic E-state index is 0. The van der Waals surface area contributed by atoms with E-state index in [2.05, 4.69) is 22.1 Å². The Morgan fingerprint density at radius 3 is 2.94 bits per heavy atom. The van der Waals surface area contributed by atoms with Crippen molar-refractivity contribution in [3.8, 4) is 11.3 Å². The summed E-state index contributed by atoms with van der Waals surface area (Å²) in [6.45, 7) is 1.93. The van der Waals surface area contributed by atoms with Crippen molar-refractivity contribution in [1.82, 2.24) is 9.97 Å². The van der Waals surface area contributed by atoms with Gasteiger partial charge in [0.1, 0.15) is 5.82 Å². The molecule has 3 heteroatoms. The molecule has 0 aliphatic heterocycles. The Kier molecular flexibility index (Phi) is 3.51. The Labute approximate surface area is 120 Å². The number of aryl methyl sites for hydroxylation is 3. The van der Waals surface area contributed by atoms with Crippen molar-refractivity contribution in [2.75, 3.05) is 0 Å². The Hall–Kier alpha value is -0.596. The first-order chi connectivity index (χ1) is 7.34. The molecule has 0 N–H and O–H groups in total. The first-order valence-corrected chi connectivity index (χ1v) is 5.16. The van der Waals surface area contributed by atoms with Crippen molar-refractivity contribution in [1.29, 1.82) is 0 Å². The normalized spacial score (nSPS) is 12.3.